The Kier molecular flexibility index (Phi) is 7.72. The van der Waals surface area contributed by atoms with Crippen molar-refractivity contribution < 1.29 is 22.8 Å². The van der Waals surface area contributed by atoms with E-state index in [1.807, 2.05) is 22.4 Å². The van der Waals surface area contributed by atoms with Crippen LogP contribution in [0.25, 0.3) is 0 Å². The van der Waals surface area contributed by atoms with Crippen molar-refractivity contribution in [2.24, 2.45) is 5.92 Å². The number of hydrogen-bond acceptors (Lipinski definition) is 4. The third-order valence-corrected chi connectivity index (χ3v) is 6.49. The van der Waals surface area contributed by atoms with Gasteiger partial charge in [0.15, 0.2) is 0 Å². The summed E-state index contributed by atoms with van der Waals surface area (Å²) in [6.07, 6.45) is -2.24. The molecule has 168 valence electrons. The Morgan fingerprint density at radius 1 is 1.16 bits per heavy atom. The Labute approximate surface area is 183 Å². The Balaban J connectivity index is 1.42. The minimum atomic E-state index is -4.41. The van der Waals surface area contributed by atoms with Crippen LogP contribution in [-0.2, 0) is 22.2 Å². The first-order valence-electron chi connectivity index (χ1n) is 10.3. The van der Waals surface area contributed by atoms with E-state index in [1.165, 1.54) is 17.0 Å². The fourth-order valence-electron chi connectivity index (χ4n) is 3.61. The van der Waals surface area contributed by atoms with Crippen molar-refractivity contribution in [3.63, 3.8) is 0 Å². The molecule has 3 rings (SSSR count). The van der Waals surface area contributed by atoms with Crippen LogP contribution in [0.2, 0.25) is 0 Å². The van der Waals surface area contributed by atoms with Crippen LogP contribution in [-0.4, -0.2) is 42.4 Å². The van der Waals surface area contributed by atoms with E-state index < -0.39 is 17.8 Å². The summed E-state index contributed by atoms with van der Waals surface area (Å²) in [6, 6.07) is 8.00. The zero-order chi connectivity index (χ0) is 22.4. The SMILES string of the molecule is CC(C(=O)Nc1ccc(C(F)(F)F)cc1)N1CCC(C(=O)NCCc2cccs2)CC1. The maximum atomic E-state index is 12.7. The highest BCUT2D eigenvalue weighted by Crippen LogP contribution is 2.30. The number of rotatable bonds is 7. The van der Waals surface area contributed by atoms with Crippen molar-refractivity contribution in [1.29, 1.82) is 0 Å². The van der Waals surface area contributed by atoms with Crippen molar-refractivity contribution in [2.75, 3.05) is 25.0 Å². The van der Waals surface area contributed by atoms with Gasteiger partial charge in [0.1, 0.15) is 0 Å². The van der Waals surface area contributed by atoms with Gasteiger partial charge in [-0.25, -0.2) is 0 Å². The molecule has 0 radical (unpaired) electrons. The number of benzene rings is 1. The molecule has 2 heterocycles. The summed E-state index contributed by atoms with van der Waals surface area (Å²) in [5.41, 5.74) is -0.431. The maximum absolute atomic E-state index is 12.7. The molecule has 31 heavy (non-hydrogen) atoms. The molecular formula is C22H26F3N3O2S. The van der Waals surface area contributed by atoms with Gasteiger partial charge in [-0.1, -0.05) is 6.07 Å². The minimum Gasteiger partial charge on any atom is -0.355 e. The number of nitrogens with one attached hydrogen (secondary N) is 2. The Bertz CT molecular complexity index is 861. The molecule has 1 aromatic heterocycles. The lowest BCUT2D eigenvalue weighted by atomic mass is 9.95. The van der Waals surface area contributed by atoms with Gasteiger partial charge in [-0.3, -0.25) is 14.5 Å². The molecule has 5 nitrogen and oxygen atoms in total. The topological polar surface area (TPSA) is 61.4 Å². The van der Waals surface area contributed by atoms with Gasteiger partial charge in [0.2, 0.25) is 11.8 Å². The van der Waals surface area contributed by atoms with Crippen LogP contribution in [0, 0.1) is 5.92 Å². The number of likely N-dealkylation sites (tertiary alicyclic amines) is 1. The van der Waals surface area contributed by atoms with E-state index in [1.54, 1.807) is 18.3 Å². The van der Waals surface area contributed by atoms with Gasteiger partial charge >= 0.3 is 6.18 Å². The van der Waals surface area contributed by atoms with Crippen molar-refractivity contribution in [3.8, 4) is 0 Å². The summed E-state index contributed by atoms with van der Waals surface area (Å²) >= 11 is 1.67. The second-order valence-electron chi connectivity index (χ2n) is 7.67. The zero-order valence-corrected chi connectivity index (χ0v) is 18.1. The summed E-state index contributed by atoms with van der Waals surface area (Å²) in [5.74, 6) is -0.290. The summed E-state index contributed by atoms with van der Waals surface area (Å²) in [6.45, 7) is 3.61. The van der Waals surface area contributed by atoms with Crippen molar-refractivity contribution >= 4 is 28.8 Å². The molecule has 1 unspecified atom stereocenters. The fraction of sp³-hybridized carbons (Fsp3) is 0.455. The number of carbonyl (C=O) groups is 2. The van der Waals surface area contributed by atoms with Gasteiger partial charge < -0.3 is 10.6 Å². The molecule has 1 saturated heterocycles. The second-order valence-corrected chi connectivity index (χ2v) is 8.70. The minimum absolute atomic E-state index is 0.0538. The molecule has 0 aliphatic carbocycles. The number of carbonyl (C=O) groups excluding carboxylic acids is 2. The first kappa shape index (κ1) is 23.3. The molecule has 1 aliphatic rings. The number of alkyl halides is 3. The Morgan fingerprint density at radius 2 is 1.84 bits per heavy atom. The highest BCUT2D eigenvalue weighted by atomic mass is 32.1. The van der Waals surface area contributed by atoms with E-state index in [0.29, 0.717) is 38.2 Å². The van der Waals surface area contributed by atoms with E-state index in [2.05, 4.69) is 10.6 Å². The predicted molar refractivity (Wildman–Crippen MR) is 115 cm³/mol. The smallest absolute Gasteiger partial charge is 0.355 e. The monoisotopic (exact) mass is 453 g/mol. The van der Waals surface area contributed by atoms with Gasteiger partial charge in [0, 0.05) is 23.0 Å². The van der Waals surface area contributed by atoms with Gasteiger partial charge in [0.05, 0.1) is 11.6 Å². The quantitative estimate of drug-likeness (QED) is 0.662. The van der Waals surface area contributed by atoms with E-state index in [9.17, 15) is 22.8 Å². The maximum Gasteiger partial charge on any atom is 0.416 e. The van der Waals surface area contributed by atoms with Gasteiger partial charge in [0.25, 0.3) is 0 Å². The number of thiophene rings is 1. The summed E-state index contributed by atoms with van der Waals surface area (Å²) in [4.78, 5) is 28.1. The second kappa shape index (κ2) is 10.3. The Hall–Kier alpha value is -2.39. The molecule has 1 fully saturated rings. The molecule has 1 aromatic carbocycles. The Morgan fingerprint density at radius 3 is 2.42 bits per heavy atom. The molecule has 2 N–H and O–H groups in total. The number of anilines is 1. The summed E-state index contributed by atoms with van der Waals surface area (Å²) in [7, 11) is 0. The molecule has 0 saturated carbocycles. The van der Waals surface area contributed by atoms with Gasteiger partial charge in [-0.05, 0) is 75.0 Å². The number of amides is 2. The largest absolute Gasteiger partial charge is 0.416 e. The van der Waals surface area contributed by atoms with E-state index in [0.717, 1.165) is 18.6 Å². The fourth-order valence-corrected chi connectivity index (χ4v) is 4.32. The highest BCUT2D eigenvalue weighted by Gasteiger charge is 2.31. The number of nitrogens with zero attached hydrogens (tertiary/aromatic N) is 1. The van der Waals surface area contributed by atoms with E-state index >= 15 is 0 Å². The molecule has 1 atom stereocenters. The van der Waals surface area contributed by atoms with Crippen molar-refractivity contribution in [1.82, 2.24) is 10.2 Å². The summed E-state index contributed by atoms with van der Waals surface area (Å²) in [5, 5.41) is 7.68. The molecule has 2 amide bonds. The predicted octanol–water partition coefficient (Wildman–Crippen LogP) is 4.16. The van der Waals surface area contributed by atoms with Crippen LogP contribution in [0.3, 0.4) is 0 Å². The van der Waals surface area contributed by atoms with Crippen LogP contribution in [0.1, 0.15) is 30.2 Å². The van der Waals surface area contributed by atoms with E-state index in [4.69, 9.17) is 0 Å². The highest BCUT2D eigenvalue weighted by molar-refractivity contribution is 7.09. The first-order valence-corrected chi connectivity index (χ1v) is 11.1. The zero-order valence-electron chi connectivity index (χ0n) is 17.2. The van der Waals surface area contributed by atoms with E-state index in [-0.39, 0.29) is 17.7 Å². The number of halogens is 3. The molecular weight excluding hydrogens is 427 g/mol. The lowest BCUT2D eigenvalue weighted by molar-refractivity contribution is -0.137. The van der Waals surface area contributed by atoms with Crippen LogP contribution >= 0.6 is 11.3 Å². The van der Waals surface area contributed by atoms with Crippen LogP contribution in [0.5, 0.6) is 0 Å². The van der Waals surface area contributed by atoms with Crippen LogP contribution in [0.15, 0.2) is 41.8 Å². The lowest BCUT2D eigenvalue weighted by Gasteiger charge is -2.34. The average molecular weight is 454 g/mol. The van der Waals surface area contributed by atoms with Crippen LogP contribution < -0.4 is 10.6 Å². The molecule has 2 aromatic rings. The normalized spacial score (nSPS) is 16.6. The molecule has 9 heteroatoms. The standard InChI is InChI=1S/C22H26F3N3O2S/c1-15(20(29)27-18-6-4-17(5-7-18)22(23,24)25)28-12-9-16(10-13-28)21(30)26-11-8-19-3-2-14-31-19/h2-7,14-16H,8-13H2,1H3,(H,26,30)(H,27,29). The number of piperidine rings is 1. The lowest BCUT2D eigenvalue weighted by Crippen LogP contribution is -2.48. The van der Waals surface area contributed by atoms with Crippen molar-refractivity contribution in [3.05, 3.63) is 52.2 Å². The molecule has 1 aliphatic heterocycles. The number of hydrogen-bond donors (Lipinski definition) is 2. The van der Waals surface area contributed by atoms with Crippen molar-refractivity contribution in [2.45, 2.75) is 38.4 Å². The first-order chi connectivity index (χ1) is 14.7. The van der Waals surface area contributed by atoms with Gasteiger partial charge in [-0.2, -0.15) is 13.2 Å². The summed E-state index contributed by atoms with van der Waals surface area (Å²) < 4.78 is 38.0. The third-order valence-electron chi connectivity index (χ3n) is 5.56. The van der Waals surface area contributed by atoms with Gasteiger partial charge in [-0.15, -0.1) is 11.3 Å². The molecule has 0 bridgehead atoms. The average Bonchev–Trinajstić information content (AvgIpc) is 3.26. The van der Waals surface area contributed by atoms with Crippen LogP contribution in [0.4, 0.5) is 18.9 Å². The molecule has 0 spiro atoms. The third kappa shape index (κ3) is 6.54.